The van der Waals surface area contributed by atoms with Crippen molar-refractivity contribution >= 4 is 41.6 Å². The van der Waals surface area contributed by atoms with Crippen LogP contribution in [-0.2, 0) is 9.53 Å². The Balaban J connectivity index is 0.00000324. The van der Waals surface area contributed by atoms with E-state index in [4.69, 9.17) is 28.9 Å². The van der Waals surface area contributed by atoms with E-state index in [1.165, 1.54) is 25.1 Å². The van der Waals surface area contributed by atoms with Crippen molar-refractivity contribution in [2.45, 2.75) is 18.9 Å². The largest absolute Gasteiger partial charge is 0.462 e. The molecule has 1 aromatic rings. The fraction of sp³-hybridized carbons (Fsp3) is 0.364. The zero-order valence-electron chi connectivity index (χ0n) is 9.83. The second-order valence-corrected chi connectivity index (χ2v) is 4.33. The molecule has 0 aliphatic heterocycles. The third kappa shape index (κ3) is 4.18. The Hall–Kier alpha value is -0.620. The predicted molar refractivity (Wildman–Crippen MR) is 72.2 cm³/mol. The summed E-state index contributed by atoms with van der Waals surface area (Å²) < 4.78 is 31.6. The molecule has 0 amide bonds. The van der Waals surface area contributed by atoms with Crippen LogP contribution in [0.5, 0.6) is 0 Å². The molecule has 0 unspecified atom stereocenters. The molecular weight excluding hydrogens is 322 g/mol. The standard InChI is InChI=1S/C11H11Cl2F2NO2.ClH/c1-2-18-10(17)11(14,15)9(16)7-4-3-6(12)5-8(7)13;/h3-5,9H,2,16H2,1H3;1H/t9-;/m1./s1. The third-order valence-electron chi connectivity index (χ3n) is 2.24. The van der Waals surface area contributed by atoms with Gasteiger partial charge in [0.25, 0.3) is 0 Å². The molecule has 0 aliphatic carbocycles. The Morgan fingerprint density at radius 2 is 2.05 bits per heavy atom. The zero-order valence-corrected chi connectivity index (χ0v) is 12.2. The second-order valence-electron chi connectivity index (χ2n) is 3.49. The lowest BCUT2D eigenvalue weighted by Gasteiger charge is -2.22. The van der Waals surface area contributed by atoms with Gasteiger partial charge in [-0.1, -0.05) is 29.3 Å². The Bertz CT molecular complexity index is 458. The topological polar surface area (TPSA) is 52.3 Å². The van der Waals surface area contributed by atoms with Gasteiger partial charge in [0.15, 0.2) is 0 Å². The molecule has 0 bridgehead atoms. The van der Waals surface area contributed by atoms with Crippen molar-refractivity contribution in [3.05, 3.63) is 33.8 Å². The number of alkyl halides is 2. The van der Waals surface area contributed by atoms with Crippen LogP contribution in [0, 0.1) is 0 Å². The molecule has 0 radical (unpaired) electrons. The third-order valence-corrected chi connectivity index (χ3v) is 2.80. The van der Waals surface area contributed by atoms with Crippen LogP contribution in [0.25, 0.3) is 0 Å². The molecule has 8 heteroatoms. The van der Waals surface area contributed by atoms with E-state index >= 15 is 0 Å². The summed E-state index contributed by atoms with van der Waals surface area (Å²) in [5, 5.41) is 0.259. The minimum Gasteiger partial charge on any atom is -0.462 e. The van der Waals surface area contributed by atoms with Gasteiger partial charge in [-0.15, -0.1) is 12.4 Å². The van der Waals surface area contributed by atoms with Crippen molar-refractivity contribution in [3.8, 4) is 0 Å². The first-order valence-corrected chi connectivity index (χ1v) is 5.81. The number of hydrogen-bond acceptors (Lipinski definition) is 3. The van der Waals surface area contributed by atoms with E-state index in [0.717, 1.165) is 0 Å². The van der Waals surface area contributed by atoms with Gasteiger partial charge in [-0.25, -0.2) is 4.79 Å². The van der Waals surface area contributed by atoms with Crippen LogP contribution in [0.4, 0.5) is 8.78 Å². The monoisotopic (exact) mass is 333 g/mol. The SMILES string of the molecule is CCOC(=O)C(F)(F)[C@H](N)c1ccc(Cl)cc1Cl.Cl. The number of hydrogen-bond donors (Lipinski definition) is 1. The maximum absolute atomic E-state index is 13.7. The number of benzene rings is 1. The summed E-state index contributed by atoms with van der Waals surface area (Å²) in [5.74, 6) is -5.53. The Morgan fingerprint density at radius 3 is 2.53 bits per heavy atom. The van der Waals surface area contributed by atoms with Crippen molar-refractivity contribution in [2.75, 3.05) is 6.61 Å². The van der Waals surface area contributed by atoms with E-state index < -0.39 is 17.9 Å². The molecule has 0 saturated carbocycles. The smallest absolute Gasteiger partial charge is 0.379 e. The molecule has 0 heterocycles. The van der Waals surface area contributed by atoms with Crippen molar-refractivity contribution in [3.63, 3.8) is 0 Å². The Morgan fingerprint density at radius 1 is 1.47 bits per heavy atom. The fourth-order valence-electron chi connectivity index (χ4n) is 1.30. The van der Waals surface area contributed by atoms with E-state index in [9.17, 15) is 13.6 Å². The van der Waals surface area contributed by atoms with E-state index in [1.54, 1.807) is 0 Å². The molecule has 0 spiro atoms. The minimum absolute atomic E-state index is 0. The van der Waals surface area contributed by atoms with E-state index in [1.807, 2.05) is 0 Å². The summed E-state index contributed by atoms with van der Waals surface area (Å²) >= 11 is 11.4. The van der Waals surface area contributed by atoms with Gasteiger partial charge in [0.1, 0.15) is 6.04 Å². The van der Waals surface area contributed by atoms with Crippen molar-refractivity contribution in [1.29, 1.82) is 0 Å². The van der Waals surface area contributed by atoms with Gasteiger partial charge in [-0.05, 0) is 24.6 Å². The number of carbonyl (C=O) groups excluding carboxylic acids is 1. The molecule has 19 heavy (non-hydrogen) atoms. The highest BCUT2D eigenvalue weighted by molar-refractivity contribution is 6.35. The summed E-state index contributed by atoms with van der Waals surface area (Å²) in [4.78, 5) is 11.1. The van der Waals surface area contributed by atoms with Crippen molar-refractivity contribution < 1.29 is 18.3 Å². The average Bonchev–Trinajstić information content (AvgIpc) is 2.28. The Kier molecular flexibility index (Phi) is 7.00. The highest BCUT2D eigenvalue weighted by Gasteiger charge is 2.48. The average molecular weight is 335 g/mol. The summed E-state index contributed by atoms with van der Waals surface area (Å²) in [5.41, 5.74) is 5.31. The van der Waals surface area contributed by atoms with Crippen LogP contribution >= 0.6 is 35.6 Å². The minimum atomic E-state index is -3.85. The lowest BCUT2D eigenvalue weighted by molar-refractivity contribution is -0.174. The zero-order chi connectivity index (χ0) is 13.9. The molecule has 0 aliphatic rings. The lowest BCUT2D eigenvalue weighted by atomic mass is 10.0. The van der Waals surface area contributed by atoms with Crippen molar-refractivity contribution in [1.82, 2.24) is 0 Å². The highest BCUT2D eigenvalue weighted by atomic mass is 35.5. The maximum Gasteiger partial charge on any atom is 0.379 e. The number of halogens is 5. The molecule has 0 saturated heterocycles. The van der Waals surface area contributed by atoms with E-state index in [2.05, 4.69) is 4.74 Å². The molecule has 108 valence electrons. The van der Waals surface area contributed by atoms with Crippen LogP contribution in [0.3, 0.4) is 0 Å². The summed E-state index contributed by atoms with van der Waals surface area (Å²) in [6.45, 7) is 1.27. The van der Waals surface area contributed by atoms with Gasteiger partial charge in [0.05, 0.1) is 6.61 Å². The summed E-state index contributed by atoms with van der Waals surface area (Å²) in [6, 6.07) is 2.01. The van der Waals surface area contributed by atoms with Crippen molar-refractivity contribution in [2.24, 2.45) is 5.73 Å². The van der Waals surface area contributed by atoms with E-state index in [-0.39, 0.29) is 34.6 Å². The lowest BCUT2D eigenvalue weighted by Crippen LogP contribution is -2.41. The Labute approximate surface area is 125 Å². The fourth-order valence-corrected chi connectivity index (χ4v) is 1.83. The van der Waals surface area contributed by atoms with Gasteiger partial charge in [-0.3, -0.25) is 0 Å². The molecule has 1 atom stereocenters. The van der Waals surface area contributed by atoms with Gasteiger partial charge < -0.3 is 10.5 Å². The molecule has 3 nitrogen and oxygen atoms in total. The first-order chi connectivity index (χ1) is 8.30. The van der Waals surface area contributed by atoms with Crippen LogP contribution in [0.1, 0.15) is 18.5 Å². The van der Waals surface area contributed by atoms with Crippen LogP contribution in [0.2, 0.25) is 10.0 Å². The molecule has 2 N–H and O–H groups in total. The molecule has 0 aromatic heterocycles. The number of ether oxygens (including phenoxy) is 1. The van der Waals surface area contributed by atoms with E-state index in [0.29, 0.717) is 0 Å². The summed E-state index contributed by atoms with van der Waals surface area (Å²) in [7, 11) is 0. The first-order valence-electron chi connectivity index (χ1n) is 5.06. The van der Waals surface area contributed by atoms with Crippen LogP contribution < -0.4 is 5.73 Å². The van der Waals surface area contributed by atoms with Gasteiger partial charge in [-0.2, -0.15) is 8.78 Å². The predicted octanol–water partition coefficient (Wildman–Crippen LogP) is 3.61. The summed E-state index contributed by atoms with van der Waals surface area (Å²) in [6.07, 6.45) is 0. The van der Waals surface area contributed by atoms with Gasteiger partial charge in [0, 0.05) is 10.0 Å². The maximum atomic E-state index is 13.7. The first kappa shape index (κ1) is 18.4. The second kappa shape index (κ2) is 7.24. The van der Waals surface area contributed by atoms with Crippen LogP contribution in [0.15, 0.2) is 18.2 Å². The molecular formula is C11H12Cl3F2NO2. The normalized spacial score (nSPS) is 12.5. The number of esters is 1. The number of carbonyl (C=O) groups is 1. The van der Waals surface area contributed by atoms with Gasteiger partial charge in [0.2, 0.25) is 0 Å². The van der Waals surface area contributed by atoms with Gasteiger partial charge >= 0.3 is 11.9 Å². The quantitative estimate of drug-likeness (QED) is 0.856. The molecule has 1 aromatic carbocycles. The highest BCUT2D eigenvalue weighted by Crippen LogP contribution is 2.35. The molecule has 0 fully saturated rings. The number of rotatable bonds is 4. The van der Waals surface area contributed by atoms with Crippen LogP contribution in [-0.4, -0.2) is 18.5 Å². The molecule has 1 rings (SSSR count). The number of nitrogens with two attached hydrogens (primary N) is 1.